The number of fused-ring (bicyclic) bond motifs is 1. The number of benzene rings is 2. The summed E-state index contributed by atoms with van der Waals surface area (Å²) in [5.41, 5.74) is 1.16. The van der Waals surface area contributed by atoms with E-state index in [9.17, 15) is 14.4 Å². The molecule has 9 heteroatoms. The maximum Gasteiger partial charge on any atom is 0.262 e. The highest BCUT2D eigenvalue weighted by Crippen LogP contribution is 2.32. The van der Waals surface area contributed by atoms with Crippen molar-refractivity contribution in [3.8, 4) is 0 Å². The predicted octanol–water partition coefficient (Wildman–Crippen LogP) is 1.93. The van der Waals surface area contributed by atoms with E-state index < -0.39 is 17.9 Å². The maximum atomic E-state index is 13.9. The summed E-state index contributed by atoms with van der Waals surface area (Å²) in [6.45, 7) is 3.73. The van der Waals surface area contributed by atoms with Gasteiger partial charge in [-0.05, 0) is 17.7 Å². The zero-order valence-electron chi connectivity index (χ0n) is 19.6. The van der Waals surface area contributed by atoms with Gasteiger partial charge in [0.25, 0.3) is 17.7 Å². The number of hydrogen-bond donors (Lipinski definition) is 0. The third-order valence-corrected chi connectivity index (χ3v) is 5.87. The van der Waals surface area contributed by atoms with Gasteiger partial charge in [-0.3, -0.25) is 19.3 Å². The molecular formula is C26H30N2O7. The Morgan fingerprint density at radius 3 is 1.54 bits per heavy atom. The van der Waals surface area contributed by atoms with E-state index in [2.05, 4.69) is 0 Å². The normalized spacial score (nSPS) is 19.5. The molecule has 2 aromatic rings. The SMILES string of the molecule is O=C(C(c1ccccc1)N1C(=O)c2ccccc2C1=O)N1CCOCCOCCOCCOCC1. The Morgan fingerprint density at radius 1 is 0.629 bits per heavy atom. The Morgan fingerprint density at radius 2 is 1.06 bits per heavy atom. The van der Waals surface area contributed by atoms with Gasteiger partial charge in [-0.15, -0.1) is 0 Å². The maximum absolute atomic E-state index is 13.9. The second-order valence-electron chi connectivity index (χ2n) is 8.11. The average Bonchev–Trinajstić information content (AvgIpc) is 3.12. The van der Waals surface area contributed by atoms with E-state index in [0.29, 0.717) is 56.3 Å². The standard InChI is InChI=1S/C26H30N2O7/c29-24-21-8-4-5-9-22(21)25(30)28(24)23(20-6-2-1-3-7-20)26(31)27-10-12-32-14-16-34-18-19-35-17-15-33-13-11-27/h1-9,23H,10-19H2. The number of imide groups is 1. The minimum Gasteiger partial charge on any atom is -0.377 e. The van der Waals surface area contributed by atoms with Crippen LogP contribution < -0.4 is 0 Å². The van der Waals surface area contributed by atoms with Crippen molar-refractivity contribution in [2.75, 3.05) is 65.9 Å². The van der Waals surface area contributed by atoms with Crippen LogP contribution in [0.15, 0.2) is 54.6 Å². The van der Waals surface area contributed by atoms with Gasteiger partial charge in [-0.2, -0.15) is 0 Å². The summed E-state index contributed by atoms with van der Waals surface area (Å²) < 4.78 is 22.2. The zero-order chi connectivity index (χ0) is 24.5. The highest BCUT2D eigenvalue weighted by atomic mass is 16.6. The van der Waals surface area contributed by atoms with E-state index in [4.69, 9.17) is 18.9 Å². The van der Waals surface area contributed by atoms with E-state index in [0.717, 1.165) is 4.90 Å². The van der Waals surface area contributed by atoms with Crippen molar-refractivity contribution in [2.24, 2.45) is 0 Å². The first kappa shape index (κ1) is 25.0. The van der Waals surface area contributed by atoms with Crippen LogP contribution in [0.2, 0.25) is 0 Å². The topological polar surface area (TPSA) is 94.6 Å². The van der Waals surface area contributed by atoms with Gasteiger partial charge >= 0.3 is 0 Å². The average molecular weight is 483 g/mol. The Kier molecular flexibility index (Phi) is 8.96. The minimum atomic E-state index is -1.10. The Bertz CT molecular complexity index is 963. The number of carbonyl (C=O) groups excluding carboxylic acids is 3. The smallest absolute Gasteiger partial charge is 0.262 e. The lowest BCUT2D eigenvalue weighted by molar-refractivity contribution is -0.137. The monoisotopic (exact) mass is 482 g/mol. The quantitative estimate of drug-likeness (QED) is 0.617. The van der Waals surface area contributed by atoms with Gasteiger partial charge in [0.2, 0.25) is 0 Å². The molecule has 1 unspecified atom stereocenters. The number of hydrogen-bond acceptors (Lipinski definition) is 7. The molecule has 35 heavy (non-hydrogen) atoms. The van der Waals surface area contributed by atoms with Gasteiger partial charge in [0.1, 0.15) is 6.04 Å². The van der Waals surface area contributed by atoms with Crippen LogP contribution in [0, 0.1) is 0 Å². The molecule has 0 radical (unpaired) electrons. The molecule has 186 valence electrons. The summed E-state index contributed by atoms with van der Waals surface area (Å²) in [4.78, 5) is 43.2. The molecule has 0 bridgehead atoms. The van der Waals surface area contributed by atoms with Crippen LogP contribution in [0.3, 0.4) is 0 Å². The molecular weight excluding hydrogens is 452 g/mol. The van der Waals surface area contributed by atoms with Crippen LogP contribution in [0.4, 0.5) is 0 Å². The number of nitrogens with zero attached hydrogens (tertiary/aromatic N) is 2. The first-order chi connectivity index (χ1) is 17.2. The Labute approximate surface area is 204 Å². The molecule has 0 N–H and O–H groups in total. The third-order valence-electron chi connectivity index (χ3n) is 5.87. The summed E-state index contributed by atoms with van der Waals surface area (Å²) in [6, 6.07) is 14.4. The van der Waals surface area contributed by atoms with Crippen molar-refractivity contribution in [3.63, 3.8) is 0 Å². The number of rotatable bonds is 3. The molecule has 1 saturated heterocycles. The number of amides is 3. The first-order valence-electron chi connectivity index (χ1n) is 11.8. The van der Waals surface area contributed by atoms with Crippen LogP contribution in [-0.2, 0) is 23.7 Å². The van der Waals surface area contributed by atoms with Crippen LogP contribution in [0.5, 0.6) is 0 Å². The molecule has 1 atom stereocenters. The predicted molar refractivity (Wildman–Crippen MR) is 126 cm³/mol. The molecule has 0 aliphatic carbocycles. The molecule has 1 fully saturated rings. The number of ether oxygens (including phenoxy) is 4. The molecule has 9 nitrogen and oxygen atoms in total. The van der Waals surface area contributed by atoms with Gasteiger partial charge in [0.15, 0.2) is 0 Å². The van der Waals surface area contributed by atoms with Crippen molar-refractivity contribution < 1.29 is 33.3 Å². The second-order valence-corrected chi connectivity index (χ2v) is 8.11. The first-order valence-corrected chi connectivity index (χ1v) is 11.8. The van der Waals surface area contributed by atoms with Crippen molar-refractivity contribution >= 4 is 17.7 Å². The van der Waals surface area contributed by atoms with Gasteiger partial charge in [0, 0.05) is 13.1 Å². The van der Waals surface area contributed by atoms with E-state index in [1.165, 1.54) is 0 Å². The van der Waals surface area contributed by atoms with E-state index >= 15 is 0 Å². The Balaban J connectivity index is 1.58. The molecule has 2 heterocycles. The van der Waals surface area contributed by atoms with E-state index in [-0.39, 0.29) is 32.2 Å². The summed E-state index contributed by atoms with van der Waals surface area (Å²) in [7, 11) is 0. The van der Waals surface area contributed by atoms with Gasteiger partial charge < -0.3 is 23.8 Å². The summed E-state index contributed by atoms with van der Waals surface area (Å²) in [5, 5.41) is 0. The molecule has 2 aliphatic heterocycles. The molecule has 2 aromatic carbocycles. The minimum absolute atomic E-state index is 0.283. The molecule has 3 amide bonds. The summed E-state index contributed by atoms with van der Waals surface area (Å²) in [5.74, 6) is -1.32. The van der Waals surface area contributed by atoms with E-state index in [1.807, 2.05) is 6.07 Å². The van der Waals surface area contributed by atoms with Crippen LogP contribution in [0.25, 0.3) is 0 Å². The van der Waals surface area contributed by atoms with E-state index in [1.54, 1.807) is 53.4 Å². The van der Waals surface area contributed by atoms with Crippen molar-refractivity contribution in [1.82, 2.24) is 9.80 Å². The van der Waals surface area contributed by atoms with Gasteiger partial charge in [0.05, 0.1) is 64.0 Å². The highest BCUT2D eigenvalue weighted by Gasteiger charge is 2.44. The van der Waals surface area contributed by atoms with Crippen LogP contribution in [0.1, 0.15) is 32.3 Å². The lowest BCUT2D eigenvalue weighted by Crippen LogP contribution is -2.47. The lowest BCUT2D eigenvalue weighted by atomic mass is 10.0. The highest BCUT2D eigenvalue weighted by molar-refractivity contribution is 6.22. The largest absolute Gasteiger partial charge is 0.377 e. The lowest BCUT2D eigenvalue weighted by Gasteiger charge is -2.32. The molecule has 0 saturated carbocycles. The number of carbonyl (C=O) groups is 3. The van der Waals surface area contributed by atoms with Crippen molar-refractivity contribution in [2.45, 2.75) is 6.04 Å². The fourth-order valence-electron chi connectivity index (χ4n) is 4.10. The summed E-state index contributed by atoms with van der Waals surface area (Å²) >= 11 is 0. The third kappa shape index (κ3) is 6.12. The second kappa shape index (κ2) is 12.6. The molecule has 4 rings (SSSR count). The molecule has 0 spiro atoms. The van der Waals surface area contributed by atoms with Crippen LogP contribution in [-0.4, -0.2) is 93.5 Å². The Hall–Kier alpha value is -3.11. The summed E-state index contributed by atoms with van der Waals surface area (Å²) in [6.07, 6.45) is 0. The van der Waals surface area contributed by atoms with Gasteiger partial charge in [-0.1, -0.05) is 42.5 Å². The fraction of sp³-hybridized carbons (Fsp3) is 0.423. The molecule has 2 aliphatic rings. The van der Waals surface area contributed by atoms with Crippen molar-refractivity contribution in [1.29, 1.82) is 0 Å². The van der Waals surface area contributed by atoms with Crippen molar-refractivity contribution in [3.05, 3.63) is 71.3 Å². The fourth-order valence-corrected chi connectivity index (χ4v) is 4.10. The zero-order valence-corrected chi connectivity index (χ0v) is 19.6. The van der Waals surface area contributed by atoms with Crippen LogP contribution >= 0.6 is 0 Å². The molecule has 0 aromatic heterocycles. The van der Waals surface area contributed by atoms with Gasteiger partial charge in [-0.25, -0.2) is 0 Å².